The molecule has 1 atom stereocenters. The molecular weight excluding hydrogens is 276 g/mol. The van der Waals surface area contributed by atoms with Crippen LogP contribution in [0.15, 0.2) is 12.1 Å². The van der Waals surface area contributed by atoms with Crippen molar-refractivity contribution in [3.05, 3.63) is 22.7 Å². The number of anilines is 1. The van der Waals surface area contributed by atoms with Crippen LogP contribution in [0.5, 0.6) is 5.75 Å². The second kappa shape index (κ2) is 6.35. The molecule has 1 aliphatic heterocycles. The number of rotatable bonds is 4. The van der Waals surface area contributed by atoms with Gasteiger partial charge in [0.25, 0.3) is 0 Å². The van der Waals surface area contributed by atoms with Crippen molar-refractivity contribution in [3.8, 4) is 5.75 Å². The minimum Gasteiger partial charge on any atom is -0.495 e. The van der Waals surface area contributed by atoms with Crippen LogP contribution in [0.2, 0.25) is 5.02 Å². The molecule has 4 nitrogen and oxygen atoms in total. The van der Waals surface area contributed by atoms with Crippen molar-refractivity contribution < 1.29 is 9.53 Å². The van der Waals surface area contributed by atoms with Crippen LogP contribution in [0.1, 0.15) is 25.3 Å². The third-order valence-corrected chi connectivity index (χ3v) is 4.05. The molecule has 1 amide bonds. The summed E-state index contributed by atoms with van der Waals surface area (Å²) in [6, 6.07) is 3.41. The fraction of sp³-hybridized carbons (Fsp3) is 0.533. The molecule has 110 valence electrons. The monoisotopic (exact) mass is 296 g/mol. The van der Waals surface area contributed by atoms with Crippen molar-refractivity contribution in [2.24, 2.45) is 0 Å². The Kier molecular flexibility index (Phi) is 4.76. The van der Waals surface area contributed by atoms with E-state index in [1.165, 1.54) is 0 Å². The molecule has 0 spiro atoms. The second-order valence-electron chi connectivity index (χ2n) is 5.20. The highest BCUT2D eigenvalue weighted by Crippen LogP contribution is 2.31. The quantitative estimate of drug-likeness (QED) is 0.928. The van der Waals surface area contributed by atoms with Crippen LogP contribution in [-0.2, 0) is 4.79 Å². The Hall–Kier alpha value is -1.42. The van der Waals surface area contributed by atoms with E-state index in [0.717, 1.165) is 37.2 Å². The number of methoxy groups -OCH3 is 1. The molecule has 1 aromatic rings. The van der Waals surface area contributed by atoms with E-state index in [-0.39, 0.29) is 11.9 Å². The normalized spacial score (nSPS) is 16.1. The lowest BCUT2D eigenvalue weighted by Gasteiger charge is -2.23. The van der Waals surface area contributed by atoms with Gasteiger partial charge in [-0.1, -0.05) is 11.6 Å². The Bertz CT molecular complexity index is 499. The fourth-order valence-corrected chi connectivity index (χ4v) is 2.60. The molecule has 1 saturated heterocycles. The van der Waals surface area contributed by atoms with Gasteiger partial charge < -0.3 is 15.0 Å². The lowest BCUT2D eigenvalue weighted by Crippen LogP contribution is -2.39. The zero-order valence-electron chi connectivity index (χ0n) is 12.2. The summed E-state index contributed by atoms with van der Waals surface area (Å²) in [7, 11) is 1.60. The molecule has 0 saturated carbocycles. The molecule has 1 aromatic carbocycles. The predicted octanol–water partition coefficient (Wildman–Crippen LogP) is 3.08. The molecule has 0 aromatic heterocycles. The number of nitrogens with zero attached hydrogens (tertiary/aromatic N) is 1. The first-order chi connectivity index (χ1) is 9.52. The number of nitrogens with one attached hydrogen (secondary N) is 1. The molecule has 1 unspecified atom stereocenters. The molecule has 0 aliphatic carbocycles. The number of benzene rings is 1. The van der Waals surface area contributed by atoms with Gasteiger partial charge in [-0.2, -0.15) is 0 Å². The van der Waals surface area contributed by atoms with E-state index in [0.29, 0.717) is 10.8 Å². The van der Waals surface area contributed by atoms with Crippen molar-refractivity contribution in [1.29, 1.82) is 0 Å². The maximum Gasteiger partial charge on any atom is 0.244 e. The van der Waals surface area contributed by atoms with Crippen molar-refractivity contribution in [2.45, 2.75) is 32.7 Å². The van der Waals surface area contributed by atoms with Crippen LogP contribution in [0.4, 0.5) is 5.69 Å². The SMILES string of the molecule is COc1cc(Cl)c(C)cc1NC(C)C(=O)N1CCCC1. The van der Waals surface area contributed by atoms with Crippen LogP contribution in [0.3, 0.4) is 0 Å². The number of halogens is 1. The maximum absolute atomic E-state index is 12.3. The minimum absolute atomic E-state index is 0.136. The lowest BCUT2D eigenvalue weighted by atomic mass is 10.2. The van der Waals surface area contributed by atoms with Crippen molar-refractivity contribution in [3.63, 3.8) is 0 Å². The highest BCUT2D eigenvalue weighted by molar-refractivity contribution is 6.31. The Morgan fingerprint density at radius 2 is 2.05 bits per heavy atom. The summed E-state index contributed by atoms with van der Waals surface area (Å²) in [5.74, 6) is 0.791. The molecule has 1 fully saturated rings. The molecule has 0 radical (unpaired) electrons. The largest absolute Gasteiger partial charge is 0.495 e. The summed E-state index contributed by atoms with van der Waals surface area (Å²) in [6.07, 6.45) is 2.20. The standard InChI is InChI=1S/C15H21ClN2O2/c1-10-8-13(14(20-3)9-12(10)16)17-11(2)15(19)18-6-4-5-7-18/h8-9,11,17H,4-7H2,1-3H3. The van der Waals surface area contributed by atoms with Gasteiger partial charge in [0, 0.05) is 24.2 Å². The van der Waals surface area contributed by atoms with Gasteiger partial charge in [-0.25, -0.2) is 0 Å². The Balaban J connectivity index is 2.12. The van der Waals surface area contributed by atoms with E-state index in [1.807, 2.05) is 24.8 Å². The first-order valence-electron chi connectivity index (χ1n) is 6.92. The topological polar surface area (TPSA) is 41.6 Å². The summed E-state index contributed by atoms with van der Waals surface area (Å²) in [5.41, 5.74) is 1.75. The van der Waals surface area contributed by atoms with Gasteiger partial charge in [0.2, 0.25) is 5.91 Å². The van der Waals surface area contributed by atoms with Gasteiger partial charge in [-0.05, 0) is 38.3 Å². The summed E-state index contributed by atoms with van der Waals surface area (Å²) in [4.78, 5) is 14.2. The van der Waals surface area contributed by atoms with Crippen LogP contribution in [0.25, 0.3) is 0 Å². The minimum atomic E-state index is -0.275. The highest BCUT2D eigenvalue weighted by atomic mass is 35.5. The van der Waals surface area contributed by atoms with Gasteiger partial charge in [0.05, 0.1) is 12.8 Å². The van der Waals surface area contributed by atoms with Gasteiger partial charge in [0.1, 0.15) is 11.8 Å². The Morgan fingerprint density at radius 3 is 2.65 bits per heavy atom. The van der Waals surface area contributed by atoms with E-state index in [4.69, 9.17) is 16.3 Å². The predicted molar refractivity (Wildman–Crippen MR) is 81.6 cm³/mol. The average molecular weight is 297 g/mol. The Morgan fingerprint density at radius 1 is 1.40 bits per heavy atom. The number of carbonyl (C=O) groups is 1. The van der Waals surface area contributed by atoms with E-state index in [2.05, 4.69) is 5.32 Å². The van der Waals surface area contributed by atoms with Crippen molar-refractivity contribution in [1.82, 2.24) is 4.90 Å². The molecule has 20 heavy (non-hydrogen) atoms. The zero-order chi connectivity index (χ0) is 14.7. The lowest BCUT2D eigenvalue weighted by molar-refractivity contribution is -0.130. The second-order valence-corrected chi connectivity index (χ2v) is 5.61. The number of aryl methyl sites for hydroxylation is 1. The van der Waals surface area contributed by atoms with Crippen LogP contribution in [-0.4, -0.2) is 37.0 Å². The number of hydrogen-bond acceptors (Lipinski definition) is 3. The third kappa shape index (κ3) is 3.18. The maximum atomic E-state index is 12.3. The molecule has 2 rings (SSSR count). The van der Waals surface area contributed by atoms with E-state index in [9.17, 15) is 4.79 Å². The number of amides is 1. The first kappa shape index (κ1) is 15.0. The van der Waals surface area contributed by atoms with Crippen molar-refractivity contribution >= 4 is 23.2 Å². The molecular formula is C15H21ClN2O2. The van der Waals surface area contributed by atoms with Gasteiger partial charge in [0.15, 0.2) is 0 Å². The summed E-state index contributed by atoms with van der Waals surface area (Å²) in [6.45, 7) is 5.53. The molecule has 5 heteroatoms. The van der Waals surface area contributed by atoms with E-state index >= 15 is 0 Å². The van der Waals surface area contributed by atoms with Crippen LogP contribution in [0, 0.1) is 6.92 Å². The van der Waals surface area contributed by atoms with Crippen LogP contribution < -0.4 is 10.1 Å². The van der Waals surface area contributed by atoms with Gasteiger partial charge in [-0.15, -0.1) is 0 Å². The molecule has 1 aliphatic rings. The summed E-state index contributed by atoms with van der Waals surface area (Å²) >= 11 is 6.08. The van der Waals surface area contributed by atoms with Gasteiger partial charge in [-0.3, -0.25) is 4.79 Å². The fourth-order valence-electron chi connectivity index (χ4n) is 2.45. The number of likely N-dealkylation sites (tertiary alicyclic amines) is 1. The summed E-state index contributed by atoms with van der Waals surface area (Å²) < 4.78 is 5.32. The average Bonchev–Trinajstić information content (AvgIpc) is 2.95. The molecule has 1 N–H and O–H groups in total. The number of hydrogen-bond donors (Lipinski definition) is 1. The number of ether oxygens (including phenoxy) is 1. The van der Waals surface area contributed by atoms with Gasteiger partial charge >= 0.3 is 0 Å². The van der Waals surface area contributed by atoms with Crippen LogP contribution >= 0.6 is 11.6 Å². The van der Waals surface area contributed by atoms with Crippen molar-refractivity contribution in [2.75, 3.05) is 25.5 Å². The zero-order valence-corrected chi connectivity index (χ0v) is 13.0. The third-order valence-electron chi connectivity index (χ3n) is 3.64. The molecule has 0 bridgehead atoms. The number of carbonyl (C=O) groups excluding carboxylic acids is 1. The van der Waals surface area contributed by atoms with E-state index in [1.54, 1.807) is 13.2 Å². The highest BCUT2D eigenvalue weighted by Gasteiger charge is 2.23. The smallest absolute Gasteiger partial charge is 0.244 e. The Labute approximate surface area is 125 Å². The first-order valence-corrected chi connectivity index (χ1v) is 7.30. The van der Waals surface area contributed by atoms with E-state index < -0.39 is 0 Å². The molecule has 1 heterocycles. The summed E-state index contributed by atoms with van der Waals surface area (Å²) in [5, 5.41) is 3.89.